The van der Waals surface area contributed by atoms with E-state index in [1.54, 1.807) is 6.92 Å². The zero-order valence-corrected chi connectivity index (χ0v) is 8.34. The number of benzene rings is 1. The molecule has 0 aliphatic rings. The fourth-order valence-corrected chi connectivity index (χ4v) is 1.03. The van der Waals surface area contributed by atoms with E-state index >= 15 is 0 Å². The van der Waals surface area contributed by atoms with E-state index in [0.29, 0.717) is 0 Å². The Kier molecular flexibility index (Phi) is 3.81. The van der Waals surface area contributed by atoms with Gasteiger partial charge in [0.15, 0.2) is 5.71 Å². The van der Waals surface area contributed by atoms with E-state index in [0.717, 1.165) is 12.1 Å². The van der Waals surface area contributed by atoms with Gasteiger partial charge >= 0.3 is 0 Å². The number of rotatable bonds is 2. The normalized spacial score (nSPS) is 10.5. The molecule has 0 spiro atoms. The first kappa shape index (κ1) is 11.2. The smallest absolute Gasteiger partial charge is 0.162 e. The molecule has 0 heterocycles. The van der Waals surface area contributed by atoms with Crippen LogP contribution >= 0.6 is 0 Å². The summed E-state index contributed by atoms with van der Waals surface area (Å²) in [7, 11) is 1.33. The highest BCUT2D eigenvalue weighted by atomic mass is 19.1. The Labute approximate surface area is 86.5 Å². The monoisotopic (exact) mass is 209 g/mol. The molecule has 0 amide bonds. The highest BCUT2D eigenvalue weighted by Gasteiger charge is 2.09. The number of hydrogen-bond acceptors (Lipinski definition) is 2. The van der Waals surface area contributed by atoms with Gasteiger partial charge in [-0.1, -0.05) is 11.1 Å². The lowest BCUT2D eigenvalue weighted by Crippen LogP contribution is -2.02. The molecule has 0 saturated heterocycles. The molecular weight excluding hydrogens is 200 g/mol. The van der Waals surface area contributed by atoms with Crippen LogP contribution in [0.2, 0.25) is 0 Å². The van der Waals surface area contributed by atoms with Gasteiger partial charge in [0.05, 0.1) is 0 Å². The molecule has 1 aromatic rings. The van der Waals surface area contributed by atoms with Crippen molar-refractivity contribution in [1.82, 2.24) is 0 Å². The van der Waals surface area contributed by atoms with Crippen LogP contribution in [0, 0.1) is 23.5 Å². The summed E-state index contributed by atoms with van der Waals surface area (Å²) in [5, 5.41) is 3.56. The topological polar surface area (TPSA) is 21.6 Å². The lowest BCUT2D eigenvalue weighted by atomic mass is 10.1. The van der Waals surface area contributed by atoms with E-state index in [-0.39, 0.29) is 11.3 Å². The average molecular weight is 209 g/mol. The first-order valence-electron chi connectivity index (χ1n) is 4.18. The molecule has 0 unspecified atom stereocenters. The van der Waals surface area contributed by atoms with Crippen LogP contribution in [0.1, 0.15) is 12.5 Å². The van der Waals surface area contributed by atoms with E-state index in [9.17, 15) is 8.78 Å². The summed E-state index contributed by atoms with van der Waals surface area (Å²) < 4.78 is 25.9. The van der Waals surface area contributed by atoms with Crippen LogP contribution in [0.15, 0.2) is 23.4 Å². The molecule has 4 heteroatoms. The van der Waals surface area contributed by atoms with Gasteiger partial charge < -0.3 is 4.84 Å². The summed E-state index contributed by atoms with van der Waals surface area (Å²) in [6, 6.07) is 3.19. The van der Waals surface area contributed by atoms with Gasteiger partial charge in [-0.3, -0.25) is 0 Å². The minimum absolute atomic E-state index is 0.118. The predicted molar refractivity (Wildman–Crippen MR) is 53.4 cm³/mol. The molecule has 0 atom stereocenters. The lowest BCUT2D eigenvalue weighted by molar-refractivity contribution is 0.214. The second-order valence-corrected chi connectivity index (χ2v) is 2.62. The maximum absolute atomic E-state index is 13.3. The van der Waals surface area contributed by atoms with Gasteiger partial charge in [-0.15, -0.1) is 0 Å². The quantitative estimate of drug-likeness (QED) is 0.416. The second-order valence-electron chi connectivity index (χ2n) is 2.62. The molecule has 0 aliphatic heterocycles. The maximum atomic E-state index is 13.3. The molecule has 0 aliphatic carbocycles. The van der Waals surface area contributed by atoms with Gasteiger partial charge in [0.1, 0.15) is 18.7 Å². The van der Waals surface area contributed by atoms with Crippen molar-refractivity contribution < 1.29 is 13.6 Å². The lowest BCUT2D eigenvalue weighted by Gasteiger charge is -2.00. The van der Waals surface area contributed by atoms with Crippen molar-refractivity contribution in [2.24, 2.45) is 5.16 Å². The van der Waals surface area contributed by atoms with E-state index in [4.69, 9.17) is 0 Å². The predicted octanol–water partition coefficient (Wildman–Crippen LogP) is 2.34. The number of hydrogen-bond donors (Lipinski definition) is 0. The zero-order valence-electron chi connectivity index (χ0n) is 8.34. The Hall–Kier alpha value is -1.89. The minimum atomic E-state index is -0.714. The van der Waals surface area contributed by atoms with Gasteiger partial charge in [-0.05, 0) is 25.0 Å². The van der Waals surface area contributed by atoms with Crippen molar-refractivity contribution in [1.29, 1.82) is 0 Å². The Bertz CT molecular complexity index is 444. The van der Waals surface area contributed by atoms with Crippen molar-refractivity contribution in [3.05, 3.63) is 35.4 Å². The first-order chi connectivity index (χ1) is 7.19. The Morgan fingerprint density at radius 2 is 2.13 bits per heavy atom. The van der Waals surface area contributed by atoms with Crippen molar-refractivity contribution in [3.8, 4) is 11.8 Å². The van der Waals surface area contributed by atoms with E-state index in [1.807, 2.05) is 0 Å². The molecule has 0 N–H and O–H groups in total. The van der Waals surface area contributed by atoms with Crippen LogP contribution in [0.3, 0.4) is 0 Å². The van der Waals surface area contributed by atoms with Crippen LogP contribution in [0.25, 0.3) is 0 Å². The highest BCUT2D eigenvalue weighted by molar-refractivity contribution is 6.12. The fraction of sp³-hybridized carbons (Fsp3) is 0.182. The Morgan fingerprint density at radius 3 is 2.67 bits per heavy atom. The van der Waals surface area contributed by atoms with Crippen molar-refractivity contribution in [3.63, 3.8) is 0 Å². The van der Waals surface area contributed by atoms with E-state index in [1.165, 1.54) is 13.2 Å². The first-order valence-corrected chi connectivity index (χ1v) is 4.18. The van der Waals surface area contributed by atoms with Gasteiger partial charge in [0.25, 0.3) is 0 Å². The third kappa shape index (κ3) is 2.78. The number of oxime groups is 1. The Balaban J connectivity index is 3.21. The molecule has 15 heavy (non-hydrogen) atoms. The summed E-state index contributed by atoms with van der Waals surface area (Å²) in [5.41, 5.74) is 0.255. The molecule has 78 valence electrons. The molecule has 0 aromatic heterocycles. The zero-order chi connectivity index (χ0) is 11.3. The molecule has 0 fully saturated rings. The molecule has 2 nitrogen and oxygen atoms in total. The number of nitrogens with zero attached hydrogens (tertiary/aromatic N) is 1. The third-order valence-electron chi connectivity index (χ3n) is 1.61. The molecule has 1 rings (SSSR count). The van der Waals surface area contributed by atoms with E-state index < -0.39 is 11.6 Å². The van der Waals surface area contributed by atoms with Crippen LogP contribution in [-0.2, 0) is 4.84 Å². The summed E-state index contributed by atoms with van der Waals surface area (Å²) in [6.45, 7) is 1.59. The Morgan fingerprint density at radius 1 is 1.40 bits per heavy atom. The SMILES string of the molecule is CC#C/C(=N\OC)c1ccc(F)cc1F. The molecule has 0 bridgehead atoms. The molecule has 0 saturated carbocycles. The fourth-order valence-electron chi connectivity index (χ4n) is 1.03. The maximum Gasteiger partial charge on any atom is 0.162 e. The molecule has 0 radical (unpaired) electrons. The molecule has 1 aromatic carbocycles. The summed E-state index contributed by atoms with van der Waals surface area (Å²) in [4.78, 5) is 4.52. The second kappa shape index (κ2) is 5.11. The van der Waals surface area contributed by atoms with Crippen molar-refractivity contribution in [2.75, 3.05) is 7.11 Å². The number of halogens is 2. The van der Waals surface area contributed by atoms with Crippen LogP contribution in [0.4, 0.5) is 8.78 Å². The minimum Gasteiger partial charge on any atom is -0.398 e. The average Bonchev–Trinajstić information content (AvgIpc) is 2.17. The summed E-state index contributed by atoms with van der Waals surface area (Å²) >= 11 is 0. The van der Waals surface area contributed by atoms with Crippen LogP contribution < -0.4 is 0 Å². The van der Waals surface area contributed by atoms with Crippen LogP contribution in [0.5, 0.6) is 0 Å². The third-order valence-corrected chi connectivity index (χ3v) is 1.61. The van der Waals surface area contributed by atoms with Gasteiger partial charge in [0.2, 0.25) is 0 Å². The van der Waals surface area contributed by atoms with Crippen LogP contribution in [-0.4, -0.2) is 12.8 Å². The van der Waals surface area contributed by atoms with E-state index in [2.05, 4.69) is 21.8 Å². The summed E-state index contributed by atoms with van der Waals surface area (Å²) in [5.74, 6) is 3.79. The highest BCUT2D eigenvalue weighted by Crippen LogP contribution is 2.10. The summed E-state index contributed by atoms with van der Waals surface area (Å²) in [6.07, 6.45) is 0. The van der Waals surface area contributed by atoms with Crippen molar-refractivity contribution >= 4 is 5.71 Å². The van der Waals surface area contributed by atoms with Crippen molar-refractivity contribution in [2.45, 2.75) is 6.92 Å². The molecular formula is C11H9F2NO. The van der Waals surface area contributed by atoms with Gasteiger partial charge in [-0.2, -0.15) is 0 Å². The van der Waals surface area contributed by atoms with Gasteiger partial charge in [-0.25, -0.2) is 8.78 Å². The standard InChI is InChI=1S/C11H9F2NO/c1-3-4-11(14-15-2)9-6-5-8(12)7-10(9)13/h5-7H,1-2H3/b14-11+. The van der Waals surface area contributed by atoms with Gasteiger partial charge in [0, 0.05) is 11.6 Å². The largest absolute Gasteiger partial charge is 0.398 e.